The molecule has 1 N–H and O–H groups in total. The standard InChI is InChI=1S/C20H26FNO2/c1-16(24-17(2)23)20(21)15-22(13-18-9-5-3-6-10-18)14-19-11-7-4-8-12-19/h3-12,16-17,20,23H,13-15H2,1-2H3/t16?,17-,20?/m1/s1. The second kappa shape index (κ2) is 9.52. The third kappa shape index (κ3) is 6.40. The Bertz CT molecular complexity index is 535. The molecule has 3 atom stereocenters. The summed E-state index contributed by atoms with van der Waals surface area (Å²) in [5, 5.41) is 9.27. The van der Waals surface area contributed by atoms with Crippen molar-refractivity contribution in [1.29, 1.82) is 0 Å². The smallest absolute Gasteiger partial charge is 0.152 e. The van der Waals surface area contributed by atoms with E-state index in [0.717, 1.165) is 11.1 Å². The molecule has 0 saturated heterocycles. The van der Waals surface area contributed by atoms with Crippen molar-refractivity contribution in [3.63, 3.8) is 0 Å². The molecular formula is C20H26FNO2. The second-order valence-corrected chi connectivity index (χ2v) is 6.10. The van der Waals surface area contributed by atoms with Crippen LogP contribution in [0.3, 0.4) is 0 Å². The topological polar surface area (TPSA) is 32.7 Å². The molecule has 2 aromatic carbocycles. The van der Waals surface area contributed by atoms with Crippen LogP contribution in [-0.2, 0) is 17.8 Å². The number of hydrogen-bond acceptors (Lipinski definition) is 3. The molecule has 0 fully saturated rings. The zero-order chi connectivity index (χ0) is 17.4. The van der Waals surface area contributed by atoms with Crippen LogP contribution >= 0.6 is 0 Å². The highest BCUT2D eigenvalue weighted by molar-refractivity contribution is 5.17. The fourth-order valence-electron chi connectivity index (χ4n) is 2.66. The van der Waals surface area contributed by atoms with Crippen molar-refractivity contribution < 1.29 is 14.2 Å². The SMILES string of the molecule is CC(O[C@H](C)O)C(F)CN(Cc1ccccc1)Cc1ccccc1. The number of ether oxygens (including phenoxy) is 1. The third-order valence-corrected chi connectivity index (χ3v) is 3.85. The first-order chi connectivity index (χ1) is 11.5. The molecule has 0 spiro atoms. The van der Waals surface area contributed by atoms with Gasteiger partial charge in [-0.1, -0.05) is 60.7 Å². The number of halogens is 1. The second-order valence-electron chi connectivity index (χ2n) is 6.10. The lowest BCUT2D eigenvalue weighted by Gasteiger charge is -2.27. The average molecular weight is 331 g/mol. The molecule has 2 aromatic rings. The van der Waals surface area contributed by atoms with Gasteiger partial charge in [-0.15, -0.1) is 0 Å². The van der Waals surface area contributed by atoms with Crippen molar-refractivity contribution in [2.45, 2.75) is 45.5 Å². The van der Waals surface area contributed by atoms with Gasteiger partial charge in [0, 0.05) is 19.6 Å². The van der Waals surface area contributed by atoms with E-state index in [2.05, 4.69) is 4.90 Å². The van der Waals surface area contributed by atoms with E-state index in [-0.39, 0.29) is 6.54 Å². The van der Waals surface area contributed by atoms with Gasteiger partial charge in [0.15, 0.2) is 6.29 Å². The monoisotopic (exact) mass is 331 g/mol. The molecule has 0 aliphatic heterocycles. The van der Waals surface area contributed by atoms with E-state index < -0.39 is 18.6 Å². The predicted molar refractivity (Wildman–Crippen MR) is 94.1 cm³/mol. The van der Waals surface area contributed by atoms with Gasteiger partial charge in [-0.25, -0.2) is 4.39 Å². The summed E-state index contributed by atoms with van der Waals surface area (Å²) in [6, 6.07) is 20.1. The summed E-state index contributed by atoms with van der Waals surface area (Å²) < 4.78 is 19.7. The van der Waals surface area contributed by atoms with Crippen molar-refractivity contribution in [1.82, 2.24) is 4.90 Å². The zero-order valence-corrected chi connectivity index (χ0v) is 14.3. The number of aliphatic hydroxyl groups is 1. The molecule has 130 valence electrons. The summed E-state index contributed by atoms with van der Waals surface area (Å²) in [7, 11) is 0. The van der Waals surface area contributed by atoms with E-state index in [1.165, 1.54) is 6.92 Å². The number of aliphatic hydroxyl groups excluding tert-OH is 1. The Balaban J connectivity index is 2.04. The zero-order valence-electron chi connectivity index (χ0n) is 14.3. The lowest BCUT2D eigenvalue weighted by molar-refractivity contribution is -0.139. The van der Waals surface area contributed by atoms with Gasteiger partial charge in [0.25, 0.3) is 0 Å². The first-order valence-corrected chi connectivity index (χ1v) is 8.32. The lowest BCUT2D eigenvalue weighted by Crippen LogP contribution is -2.37. The average Bonchev–Trinajstić information content (AvgIpc) is 2.56. The van der Waals surface area contributed by atoms with E-state index in [1.54, 1.807) is 6.92 Å². The van der Waals surface area contributed by atoms with E-state index in [1.807, 2.05) is 60.7 Å². The molecule has 2 rings (SSSR count). The molecule has 0 aromatic heterocycles. The van der Waals surface area contributed by atoms with Crippen molar-refractivity contribution in [2.75, 3.05) is 6.54 Å². The summed E-state index contributed by atoms with van der Waals surface area (Å²) >= 11 is 0. The van der Waals surface area contributed by atoms with Gasteiger partial charge in [0.05, 0.1) is 6.10 Å². The first kappa shape index (κ1) is 18.6. The van der Waals surface area contributed by atoms with Gasteiger partial charge < -0.3 is 9.84 Å². The van der Waals surface area contributed by atoms with Crippen LogP contribution in [0.4, 0.5) is 4.39 Å². The lowest BCUT2D eigenvalue weighted by atomic mass is 10.1. The third-order valence-electron chi connectivity index (χ3n) is 3.85. The van der Waals surface area contributed by atoms with Crippen molar-refractivity contribution in [2.24, 2.45) is 0 Å². The van der Waals surface area contributed by atoms with Crippen LogP contribution in [0.2, 0.25) is 0 Å². The van der Waals surface area contributed by atoms with E-state index in [0.29, 0.717) is 13.1 Å². The molecule has 24 heavy (non-hydrogen) atoms. The summed E-state index contributed by atoms with van der Waals surface area (Å²) in [5.74, 6) is 0. The summed E-state index contributed by atoms with van der Waals surface area (Å²) in [4.78, 5) is 2.07. The highest BCUT2D eigenvalue weighted by atomic mass is 19.1. The van der Waals surface area contributed by atoms with E-state index in [9.17, 15) is 9.50 Å². The quantitative estimate of drug-likeness (QED) is 0.710. The molecule has 2 unspecified atom stereocenters. The Hall–Kier alpha value is -1.75. The first-order valence-electron chi connectivity index (χ1n) is 8.32. The Morgan fingerprint density at radius 3 is 1.79 bits per heavy atom. The fraction of sp³-hybridized carbons (Fsp3) is 0.400. The summed E-state index contributed by atoms with van der Waals surface area (Å²) in [6.45, 7) is 4.72. The Kier molecular flexibility index (Phi) is 7.37. The van der Waals surface area contributed by atoms with Crippen LogP contribution in [0.1, 0.15) is 25.0 Å². The minimum atomic E-state index is -1.17. The number of rotatable bonds is 9. The van der Waals surface area contributed by atoms with Crippen LogP contribution in [0, 0.1) is 0 Å². The minimum Gasteiger partial charge on any atom is -0.368 e. The van der Waals surface area contributed by atoms with Crippen molar-refractivity contribution in [3.05, 3.63) is 71.8 Å². The summed E-state index contributed by atoms with van der Waals surface area (Å²) in [5.41, 5.74) is 2.29. The van der Waals surface area contributed by atoms with Gasteiger partial charge in [0.1, 0.15) is 6.17 Å². The van der Waals surface area contributed by atoms with Gasteiger partial charge in [0.2, 0.25) is 0 Å². The van der Waals surface area contributed by atoms with Crippen LogP contribution in [-0.4, -0.2) is 35.1 Å². The molecule has 0 aliphatic carbocycles. The Morgan fingerprint density at radius 1 is 0.917 bits per heavy atom. The van der Waals surface area contributed by atoms with E-state index in [4.69, 9.17) is 4.74 Å². The molecular weight excluding hydrogens is 305 g/mol. The van der Waals surface area contributed by atoms with Crippen molar-refractivity contribution >= 4 is 0 Å². The van der Waals surface area contributed by atoms with Crippen LogP contribution in [0.15, 0.2) is 60.7 Å². The highest BCUT2D eigenvalue weighted by Crippen LogP contribution is 2.14. The van der Waals surface area contributed by atoms with Crippen LogP contribution in [0.25, 0.3) is 0 Å². The maximum Gasteiger partial charge on any atom is 0.152 e. The maximum absolute atomic E-state index is 14.5. The normalized spacial score (nSPS) is 15.2. The molecule has 0 bridgehead atoms. The number of benzene rings is 2. The Morgan fingerprint density at radius 2 is 1.38 bits per heavy atom. The number of hydrogen-bond donors (Lipinski definition) is 1. The fourth-order valence-corrected chi connectivity index (χ4v) is 2.66. The van der Waals surface area contributed by atoms with Gasteiger partial charge in [-0.3, -0.25) is 4.90 Å². The van der Waals surface area contributed by atoms with Gasteiger partial charge in [-0.2, -0.15) is 0 Å². The minimum absolute atomic E-state index is 0.248. The number of nitrogens with zero attached hydrogens (tertiary/aromatic N) is 1. The predicted octanol–water partition coefficient (Wildman–Crippen LogP) is 3.77. The summed E-state index contributed by atoms with van der Waals surface area (Å²) in [6.07, 6.45) is -2.79. The number of alkyl halides is 1. The molecule has 0 heterocycles. The molecule has 4 heteroatoms. The molecule has 0 saturated carbocycles. The van der Waals surface area contributed by atoms with Gasteiger partial charge >= 0.3 is 0 Å². The van der Waals surface area contributed by atoms with Crippen LogP contribution < -0.4 is 0 Å². The molecule has 0 aliphatic rings. The molecule has 3 nitrogen and oxygen atoms in total. The molecule has 0 amide bonds. The highest BCUT2D eigenvalue weighted by Gasteiger charge is 2.22. The van der Waals surface area contributed by atoms with Crippen molar-refractivity contribution in [3.8, 4) is 0 Å². The molecule has 0 radical (unpaired) electrons. The Labute approximate surface area is 143 Å². The van der Waals surface area contributed by atoms with Crippen LogP contribution in [0.5, 0.6) is 0 Å². The maximum atomic E-state index is 14.5. The largest absolute Gasteiger partial charge is 0.368 e. The van der Waals surface area contributed by atoms with E-state index >= 15 is 0 Å². The van der Waals surface area contributed by atoms with Gasteiger partial charge in [-0.05, 0) is 25.0 Å².